The highest BCUT2D eigenvalue weighted by atomic mass is 32.2. The van der Waals surface area contributed by atoms with E-state index in [9.17, 15) is 8.42 Å². The maximum atomic E-state index is 12.3. The minimum Gasteiger partial charge on any atom is -0.346 e. The van der Waals surface area contributed by atoms with Crippen molar-refractivity contribution in [1.82, 2.24) is 9.55 Å². The second kappa shape index (κ2) is 4.92. The summed E-state index contributed by atoms with van der Waals surface area (Å²) in [4.78, 5) is 4.13. The van der Waals surface area contributed by atoms with Crippen LogP contribution in [0, 0.1) is 0 Å². The molecule has 2 heterocycles. The Morgan fingerprint density at radius 2 is 2.25 bits per heavy atom. The van der Waals surface area contributed by atoms with Gasteiger partial charge in [0.25, 0.3) is 10.0 Å². The van der Waals surface area contributed by atoms with Crippen LogP contribution in [0.3, 0.4) is 0 Å². The predicted molar refractivity (Wildman–Crippen MR) is 75.6 cm³/mol. The smallest absolute Gasteiger partial charge is 0.263 e. The SMILES string of the molecule is NCc1cc(S(=O)(=O)Nc2cccnc2)cn1C1CC1. The lowest BCUT2D eigenvalue weighted by Crippen LogP contribution is -2.12. The number of pyridine rings is 1. The van der Waals surface area contributed by atoms with Crippen molar-refractivity contribution in [3.8, 4) is 0 Å². The highest BCUT2D eigenvalue weighted by molar-refractivity contribution is 7.92. The van der Waals surface area contributed by atoms with Crippen LogP contribution in [0.5, 0.6) is 0 Å². The molecule has 1 aliphatic rings. The first-order valence-electron chi connectivity index (χ1n) is 6.44. The van der Waals surface area contributed by atoms with Crippen molar-refractivity contribution < 1.29 is 8.42 Å². The average Bonchev–Trinajstić information content (AvgIpc) is 3.18. The number of aromatic nitrogens is 2. The standard InChI is InChI=1S/C13H16N4O2S/c14-7-12-6-13(9-17(12)11-3-4-11)20(18,19)16-10-2-1-5-15-8-10/h1-2,5-6,8-9,11,16H,3-4,7,14H2. The molecule has 20 heavy (non-hydrogen) atoms. The van der Waals surface area contributed by atoms with Crippen LogP contribution in [-0.4, -0.2) is 18.0 Å². The van der Waals surface area contributed by atoms with Gasteiger partial charge in [-0.2, -0.15) is 0 Å². The van der Waals surface area contributed by atoms with Crippen molar-refractivity contribution in [2.24, 2.45) is 5.73 Å². The molecule has 7 heteroatoms. The Labute approximate surface area is 117 Å². The molecule has 1 saturated carbocycles. The number of hydrogen-bond acceptors (Lipinski definition) is 4. The van der Waals surface area contributed by atoms with Gasteiger partial charge in [-0.05, 0) is 31.0 Å². The van der Waals surface area contributed by atoms with Crippen LogP contribution >= 0.6 is 0 Å². The molecule has 0 radical (unpaired) electrons. The minimum atomic E-state index is -3.60. The molecule has 1 fully saturated rings. The van der Waals surface area contributed by atoms with Crippen LogP contribution in [0.1, 0.15) is 24.6 Å². The zero-order chi connectivity index (χ0) is 14.2. The number of rotatable bonds is 5. The zero-order valence-corrected chi connectivity index (χ0v) is 11.7. The first kappa shape index (κ1) is 13.1. The summed E-state index contributed by atoms with van der Waals surface area (Å²) < 4.78 is 29.2. The fraction of sp³-hybridized carbons (Fsp3) is 0.308. The number of hydrogen-bond donors (Lipinski definition) is 2. The summed E-state index contributed by atoms with van der Waals surface area (Å²) in [5.41, 5.74) is 6.97. The van der Waals surface area contributed by atoms with Gasteiger partial charge in [0.15, 0.2) is 0 Å². The Bertz CT molecular complexity index is 705. The molecule has 0 atom stereocenters. The lowest BCUT2D eigenvalue weighted by atomic mass is 10.4. The van der Waals surface area contributed by atoms with Crippen LogP contribution in [0.2, 0.25) is 0 Å². The van der Waals surface area contributed by atoms with Gasteiger partial charge in [-0.15, -0.1) is 0 Å². The number of nitrogens with two attached hydrogens (primary N) is 1. The van der Waals surface area contributed by atoms with E-state index < -0.39 is 10.0 Å². The third-order valence-corrected chi connectivity index (χ3v) is 4.63. The summed E-state index contributed by atoms with van der Waals surface area (Å²) in [6.45, 7) is 0.332. The van der Waals surface area contributed by atoms with E-state index >= 15 is 0 Å². The summed E-state index contributed by atoms with van der Waals surface area (Å²) in [5.74, 6) is 0. The maximum absolute atomic E-state index is 12.3. The molecule has 0 aliphatic heterocycles. The van der Waals surface area contributed by atoms with Gasteiger partial charge in [0.1, 0.15) is 4.90 Å². The molecule has 2 aromatic rings. The number of anilines is 1. The van der Waals surface area contributed by atoms with Gasteiger partial charge in [0.05, 0.1) is 11.9 Å². The van der Waals surface area contributed by atoms with Crippen LogP contribution in [0.4, 0.5) is 5.69 Å². The summed E-state index contributed by atoms with van der Waals surface area (Å²) in [7, 11) is -3.60. The summed E-state index contributed by atoms with van der Waals surface area (Å²) in [5, 5.41) is 0. The molecule has 6 nitrogen and oxygen atoms in total. The van der Waals surface area contributed by atoms with Crippen LogP contribution in [0.25, 0.3) is 0 Å². The summed E-state index contributed by atoms with van der Waals surface area (Å²) >= 11 is 0. The fourth-order valence-corrected chi connectivity index (χ4v) is 3.23. The van der Waals surface area contributed by atoms with E-state index in [0.717, 1.165) is 18.5 Å². The summed E-state index contributed by atoms with van der Waals surface area (Å²) in [6.07, 6.45) is 6.89. The molecule has 0 saturated heterocycles. The topological polar surface area (TPSA) is 90.0 Å². The van der Waals surface area contributed by atoms with Crippen molar-refractivity contribution in [2.45, 2.75) is 30.3 Å². The largest absolute Gasteiger partial charge is 0.346 e. The number of sulfonamides is 1. The van der Waals surface area contributed by atoms with E-state index in [-0.39, 0.29) is 4.90 Å². The highest BCUT2D eigenvalue weighted by Crippen LogP contribution is 2.37. The van der Waals surface area contributed by atoms with Crippen molar-refractivity contribution in [3.05, 3.63) is 42.5 Å². The van der Waals surface area contributed by atoms with E-state index in [1.165, 1.54) is 6.20 Å². The third-order valence-electron chi connectivity index (χ3n) is 3.28. The Balaban J connectivity index is 1.91. The van der Waals surface area contributed by atoms with Crippen molar-refractivity contribution in [3.63, 3.8) is 0 Å². The highest BCUT2D eigenvalue weighted by Gasteiger charge is 2.27. The van der Waals surface area contributed by atoms with Gasteiger partial charge in [-0.25, -0.2) is 8.42 Å². The van der Waals surface area contributed by atoms with E-state index in [0.29, 0.717) is 18.3 Å². The molecule has 0 unspecified atom stereocenters. The van der Waals surface area contributed by atoms with Gasteiger partial charge in [0.2, 0.25) is 0 Å². The van der Waals surface area contributed by atoms with Gasteiger partial charge in [0, 0.05) is 30.7 Å². The number of nitrogens with zero attached hydrogens (tertiary/aromatic N) is 2. The van der Waals surface area contributed by atoms with Crippen molar-refractivity contribution >= 4 is 15.7 Å². The molecule has 3 rings (SSSR count). The molecule has 2 aromatic heterocycles. The Kier molecular flexibility index (Phi) is 3.23. The minimum absolute atomic E-state index is 0.244. The molecule has 0 amide bonds. The molecule has 0 spiro atoms. The maximum Gasteiger partial charge on any atom is 0.263 e. The first-order chi connectivity index (χ1) is 9.60. The molecule has 3 N–H and O–H groups in total. The van der Waals surface area contributed by atoms with Gasteiger partial charge in [-0.3, -0.25) is 9.71 Å². The molecule has 0 bridgehead atoms. The zero-order valence-electron chi connectivity index (χ0n) is 10.9. The normalized spacial score (nSPS) is 15.2. The second-order valence-electron chi connectivity index (χ2n) is 4.86. The Hall–Kier alpha value is -1.86. The van der Waals surface area contributed by atoms with Crippen LogP contribution in [0.15, 0.2) is 41.7 Å². The fourth-order valence-electron chi connectivity index (χ4n) is 2.14. The van der Waals surface area contributed by atoms with E-state index in [2.05, 4.69) is 9.71 Å². The second-order valence-corrected chi connectivity index (χ2v) is 6.54. The third kappa shape index (κ3) is 2.54. The first-order valence-corrected chi connectivity index (χ1v) is 7.92. The van der Waals surface area contributed by atoms with E-state index in [1.807, 2.05) is 4.57 Å². The summed E-state index contributed by atoms with van der Waals surface area (Å²) in [6, 6.07) is 5.37. The van der Waals surface area contributed by atoms with Gasteiger partial charge < -0.3 is 10.3 Å². The van der Waals surface area contributed by atoms with Gasteiger partial charge >= 0.3 is 0 Å². The predicted octanol–water partition coefficient (Wildman–Crippen LogP) is 1.48. The van der Waals surface area contributed by atoms with Crippen LogP contribution < -0.4 is 10.5 Å². The van der Waals surface area contributed by atoms with Gasteiger partial charge in [-0.1, -0.05) is 0 Å². The Morgan fingerprint density at radius 3 is 2.85 bits per heavy atom. The molecular formula is C13H16N4O2S. The average molecular weight is 292 g/mol. The van der Waals surface area contributed by atoms with Crippen molar-refractivity contribution in [1.29, 1.82) is 0 Å². The molecular weight excluding hydrogens is 276 g/mol. The van der Waals surface area contributed by atoms with E-state index in [1.54, 1.807) is 30.6 Å². The molecule has 1 aliphatic carbocycles. The lowest BCUT2D eigenvalue weighted by Gasteiger charge is -2.05. The van der Waals surface area contributed by atoms with Crippen molar-refractivity contribution in [2.75, 3.05) is 4.72 Å². The Morgan fingerprint density at radius 1 is 1.45 bits per heavy atom. The quantitative estimate of drug-likeness (QED) is 0.873. The molecule has 106 valence electrons. The number of nitrogens with one attached hydrogen (secondary N) is 1. The lowest BCUT2D eigenvalue weighted by molar-refractivity contribution is 0.600. The monoisotopic (exact) mass is 292 g/mol. The molecule has 0 aromatic carbocycles. The van der Waals surface area contributed by atoms with Crippen LogP contribution in [-0.2, 0) is 16.6 Å². The van der Waals surface area contributed by atoms with E-state index in [4.69, 9.17) is 5.73 Å².